The number of benzene rings is 4. The maximum atomic E-state index is 13.0. The standard InChI is InChI=1S/C29H25NO7/c1-33-21-9-16-17-10-22(34-2)24(36-4)12-19(17)28-26(18(16)11-23(21)35-3)25(14-6-5-7-15(31)8-14)27-20(30-28)13-37-29(27)32/h5-12,25,30-31H,13H2,1-4H3. The van der Waals surface area contributed by atoms with Gasteiger partial charge < -0.3 is 34.1 Å². The van der Waals surface area contributed by atoms with Crippen LogP contribution in [0.15, 0.2) is 59.8 Å². The van der Waals surface area contributed by atoms with Crippen LogP contribution in [0.1, 0.15) is 17.0 Å². The molecule has 0 radical (unpaired) electrons. The van der Waals surface area contributed by atoms with Gasteiger partial charge in [0.05, 0.1) is 45.4 Å². The average molecular weight is 500 g/mol. The van der Waals surface area contributed by atoms with Crippen LogP contribution in [0.25, 0.3) is 21.5 Å². The average Bonchev–Trinajstić information content (AvgIpc) is 3.30. The molecule has 188 valence electrons. The fourth-order valence-corrected chi connectivity index (χ4v) is 5.49. The number of cyclic esters (lactones) is 1. The third-order valence-corrected chi connectivity index (χ3v) is 7.12. The van der Waals surface area contributed by atoms with Gasteiger partial charge in [0.2, 0.25) is 0 Å². The van der Waals surface area contributed by atoms with Crippen molar-refractivity contribution >= 4 is 33.2 Å². The predicted octanol–water partition coefficient (Wildman–Crippen LogP) is 5.10. The third-order valence-electron chi connectivity index (χ3n) is 7.12. The summed E-state index contributed by atoms with van der Waals surface area (Å²) in [6, 6.07) is 14.7. The summed E-state index contributed by atoms with van der Waals surface area (Å²) in [5.74, 6) is 1.53. The first kappa shape index (κ1) is 22.8. The van der Waals surface area contributed by atoms with Crippen molar-refractivity contribution < 1.29 is 33.6 Å². The molecule has 0 spiro atoms. The summed E-state index contributed by atoms with van der Waals surface area (Å²) in [6.45, 7) is 0.141. The number of methoxy groups -OCH3 is 4. The van der Waals surface area contributed by atoms with E-state index in [2.05, 4.69) is 5.32 Å². The molecular weight excluding hydrogens is 474 g/mol. The molecule has 4 aromatic rings. The predicted molar refractivity (Wildman–Crippen MR) is 139 cm³/mol. The Kier molecular flexibility index (Phi) is 5.26. The minimum Gasteiger partial charge on any atom is -0.508 e. The number of rotatable bonds is 5. The molecule has 0 fully saturated rings. The largest absolute Gasteiger partial charge is 0.508 e. The number of hydrogen-bond acceptors (Lipinski definition) is 8. The lowest BCUT2D eigenvalue weighted by Gasteiger charge is -2.31. The molecule has 6 rings (SSSR count). The summed E-state index contributed by atoms with van der Waals surface area (Å²) in [7, 11) is 6.38. The minimum absolute atomic E-state index is 0.113. The SMILES string of the molecule is COc1cc2c3c(c4cc(OC)c(OC)cc4c2cc1OC)C(c1cccc(O)c1)C1=C(COC1=O)N3. The molecule has 0 aromatic heterocycles. The summed E-state index contributed by atoms with van der Waals surface area (Å²) in [4.78, 5) is 13.0. The van der Waals surface area contributed by atoms with Gasteiger partial charge in [0, 0.05) is 11.3 Å². The number of aromatic hydroxyl groups is 1. The van der Waals surface area contributed by atoms with Crippen LogP contribution in [0.3, 0.4) is 0 Å². The molecule has 4 aromatic carbocycles. The molecule has 8 nitrogen and oxygen atoms in total. The van der Waals surface area contributed by atoms with Gasteiger partial charge in [0.15, 0.2) is 23.0 Å². The summed E-state index contributed by atoms with van der Waals surface area (Å²) < 4.78 is 28.0. The number of esters is 1. The first-order chi connectivity index (χ1) is 18.0. The Morgan fingerprint density at radius 3 is 1.97 bits per heavy atom. The van der Waals surface area contributed by atoms with E-state index in [9.17, 15) is 9.90 Å². The third kappa shape index (κ3) is 3.32. The van der Waals surface area contributed by atoms with Gasteiger partial charge in [-0.05, 0) is 63.7 Å². The zero-order valence-electron chi connectivity index (χ0n) is 20.8. The Hall–Kier alpha value is -4.59. The van der Waals surface area contributed by atoms with E-state index in [1.54, 1.807) is 46.6 Å². The van der Waals surface area contributed by atoms with Crippen molar-refractivity contribution in [1.82, 2.24) is 0 Å². The summed E-state index contributed by atoms with van der Waals surface area (Å²) >= 11 is 0. The van der Waals surface area contributed by atoms with Crippen LogP contribution in [-0.4, -0.2) is 46.1 Å². The number of ether oxygens (including phenoxy) is 5. The van der Waals surface area contributed by atoms with Crippen LogP contribution in [0.5, 0.6) is 28.7 Å². The molecular formula is C29H25NO7. The normalized spacial score (nSPS) is 16.2. The molecule has 37 heavy (non-hydrogen) atoms. The van der Waals surface area contributed by atoms with E-state index in [1.807, 2.05) is 30.3 Å². The van der Waals surface area contributed by atoms with Gasteiger partial charge in [-0.3, -0.25) is 0 Å². The molecule has 8 heteroatoms. The topological polar surface area (TPSA) is 95.5 Å². The van der Waals surface area contributed by atoms with Crippen LogP contribution in [0.4, 0.5) is 5.69 Å². The monoisotopic (exact) mass is 499 g/mol. The second kappa shape index (κ2) is 8.51. The number of phenolic OH excluding ortho intramolecular Hbond substituents is 1. The van der Waals surface area contributed by atoms with Gasteiger partial charge >= 0.3 is 5.97 Å². The lowest BCUT2D eigenvalue weighted by molar-refractivity contribution is -0.136. The molecule has 0 aliphatic carbocycles. The molecule has 2 aliphatic rings. The summed E-state index contributed by atoms with van der Waals surface area (Å²) in [5.41, 5.74) is 3.67. The van der Waals surface area contributed by atoms with E-state index in [1.165, 1.54) is 0 Å². The fraction of sp³-hybridized carbons (Fsp3) is 0.207. The van der Waals surface area contributed by atoms with Crippen molar-refractivity contribution in [3.8, 4) is 28.7 Å². The van der Waals surface area contributed by atoms with E-state index in [0.29, 0.717) is 34.3 Å². The number of fused-ring (bicyclic) bond motifs is 6. The molecule has 0 amide bonds. The number of nitrogens with one attached hydrogen (secondary N) is 1. The highest BCUT2D eigenvalue weighted by Crippen LogP contribution is 2.53. The zero-order valence-corrected chi connectivity index (χ0v) is 20.8. The number of hydrogen-bond donors (Lipinski definition) is 2. The van der Waals surface area contributed by atoms with Crippen LogP contribution in [0.2, 0.25) is 0 Å². The Morgan fingerprint density at radius 2 is 1.38 bits per heavy atom. The number of carbonyl (C=O) groups is 1. The van der Waals surface area contributed by atoms with Gasteiger partial charge in [0.25, 0.3) is 0 Å². The van der Waals surface area contributed by atoms with Crippen LogP contribution < -0.4 is 24.3 Å². The van der Waals surface area contributed by atoms with Crippen LogP contribution in [-0.2, 0) is 9.53 Å². The first-order valence-corrected chi connectivity index (χ1v) is 11.7. The quantitative estimate of drug-likeness (QED) is 0.289. The van der Waals surface area contributed by atoms with E-state index in [4.69, 9.17) is 23.7 Å². The van der Waals surface area contributed by atoms with Gasteiger partial charge in [-0.2, -0.15) is 0 Å². The Morgan fingerprint density at radius 1 is 0.811 bits per heavy atom. The van der Waals surface area contributed by atoms with Crippen molar-refractivity contribution in [2.24, 2.45) is 0 Å². The van der Waals surface area contributed by atoms with E-state index in [-0.39, 0.29) is 18.3 Å². The van der Waals surface area contributed by atoms with Crippen molar-refractivity contribution in [2.75, 3.05) is 40.4 Å². The smallest absolute Gasteiger partial charge is 0.337 e. The molecule has 0 saturated carbocycles. The van der Waals surface area contributed by atoms with E-state index >= 15 is 0 Å². The lowest BCUT2D eigenvalue weighted by Crippen LogP contribution is -2.20. The van der Waals surface area contributed by atoms with Crippen molar-refractivity contribution in [3.05, 3.63) is 70.9 Å². The first-order valence-electron chi connectivity index (χ1n) is 11.7. The molecule has 2 heterocycles. The number of carbonyl (C=O) groups excluding carboxylic acids is 1. The lowest BCUT2D eigenvalue weighted by atomic mass is 9.77. The Balaban J connectivity index is 1.81. The molecule has 0 bridgehead atoms. The summed E-state index contributed by atoms with van der Waals surface area (Å²) in [5, 5.41) is 17.4. The highest BCUT2D eigenvalue weighted by atomic mass is 16.5. The Labute approximate surface area is 213 Å². The van der Waals surface area contributed by atoms with Gasteiger partial charge in [-0.1, -0.05) is 12.1 Å². The summed E-state index contributed by atoms with van der Waals surface area (Å²) in [6.07, 6.45) is 0. The number of anilines is 1. The van der Waals surface area contributed by atoms with Crippen LogP contribution >= 0.6 is 0 Å². The molecule has 1 unspecified atom stereocenters. The molecule has 2 aliphatic heterocycles. The highest BCUT2D eigenvalue weighted by molar-refractivity contribution is 6.19. The van der Waals surface area contributed by atoms with Gasteiger partial charge in [-0.15, -0.1) is 0 Å². The zero-order chi connectivity index (χ0) is 25.8. The van der Waals surface area contributed by atoms with E-state index in [0.717, 1.165) is 38.4 Å². The van der Waals surface area contributed by atoms with Gasteiger partial charge in [-0.25, -0.2) is 4.79 Å². The molecule has 2 N–H and O–H groups in total. The van der Waals surface area contributed by atoms with Crippen molar-refractivity contribution in [1.29, 1.82) is 0 Å². The molecule has 1 atom stereocenters. The van der Waals surface area contributed by atoms with Gasteiger partial charge in [0.1, 0.15) is 12.4 Å². The minimum atomic E-state index is -0.494. The second-order valence-corrected chi connectivity index (χ2v) is 8.92. The second-order valence-electron chi connectivity index (χ2n) is 8.92. The maximum absolute atomic E-state index is 13.0. The Bertz CT molecular complexity index is 1640. The highest BCUT2D eigenvalue weighted by Gasteiger charge is 2.40. The number of phenols is 1. The van der Waals surface area contributed by atoms with Crippen molar-refractivity contribution in [3.63, 3.8) is 0 Å². The van der Waals surface area contributed by atoms with Crippen LogP contribution in [0, 0.1) is 0 Å². The maximum Gasteiger partial charge on any atom is 0.337 e. The van der Waals surface area contributed by atoms with E-state index < -0.39 is 5.92 Å². The van der Waals surface area contributed by atoms with Crippen molar-refractivity contribution in [2.45, 2.75) is 5.92 Å². The molecule has 0 saturated heterocycles. The fourth-order valence-electron chi connectivity index (χ4n) is 5.49.